The number of alkyl halides is 3. The van der Waals surface area contributed by atoms with E-state index in [0.29, 0.717) is 12.5 Å². The summed E-state index contributed by atoms with van der Waals surface area (Å²) in [4.78, 5) is 0. The first-order valence-electron chi connectivity index (χ1n) is 7.37. The number of hydrogen-bond donors (Lipinski definition) is 1. The zero-order valence-electron chi connectivity index (χ0n) is 11.8. The normalized spacial score (nSPS) is 20.2. The van der Waals surface area contributed by atoms with Crippen molar-refractivity contribution in [2.75, 3.05) is 19.8 Å². The number of ether oxygens (including phenoxy) is 1. The highest BCUT2D eigenvalue weighted by molar-refractivity contribution is 4.74. The van der Waals surface area contributed by atoms with Crippen LogP contribution >= 0.6 is 0 Å². The Morgan fingerprint density at radius 3 is 2.37 bits per heavy atom. The van der Waals surface area contributed by atoms with Crippen LogP contribution in [0.1, 0.15) is 51.9 Å². The SMILES string of the molecule is C[C@@H](NCCCOCC(F)(F)F)C1CCCCCC1. The summed E-state index contributed by atoms with van der Waals surface area (Å²) in [7, 11) is 0. The van der Waals surface area contributed by atoms with E-state index in [4.69, 9.17) is 0 Å². The maximum absolute atomic E-state index is 11.8. The van der Waals surface area contributed by atoms with E-state index in [1.165, 1.54) is 38.5 Å². The minimum Gasteiger partial charge on any atom is -0.372 e. The number of rotatable bonds is 7. The second-order valence-electron chi connectivity index (χ2n) is 5.52. The molecule has 114 valence electrons. The molecule has 1 fully saturated rings. The van der Waals surface area contributed by atoms with Gasteiger partial charge in [0.2, 0.25) is 0 Å². The third kappa shape index (κ3) is 8.47. The van der Waals surface area contributed by atoms with Crippen molar-refractivity contribution in [3.05, 3.63) is 0 Å². The lowest BCUT2D eigenvalue weighted by Gasteiger charge is -2.23. The van der Waals surface area contributed by atoms with E-state index in [2.05, 4.69) is 17.0 Å². The lowest BCUT2D eigenvalue weighted by molar-refractivity contribution is -0.173. The third-order valence-electron chi connectivity index (χ3n) is 3.80. The Balaban J connectivity index is 2.01. The van der Waals surface area contributed by atoms with Crippen LogP contribution in [0.15, 0.2) is 0 Å². The molecule has 5 heteroatoms. The molecule has 0 aliphatic heterocycles. The van der Waals surface area contributed by atoms with Gasteiger partial charge in [-0.1, -0.05) is 25.7 Å². The van der Waals surface area contributed by atoms with Gasteiger partial charge < -0.3 is 10.1 Å². The van der Waals surface area contributed by atoms with E-state index in [0.717, 1.165) is 12.5 Å². The van der Waals surface area contributed by atoms with Crippen molar-refractivity contribution in [3.8, 4) is 0 Å². The van der Waals surface area contributed by atoms with Gasteiger partial charge in [0, 0.05) is 12.6 Å². The Morgan fingerprint density at radius 2 is 1.79 bits per heavy atom. The first kappa shape index (κ1) is 16.8. The van der Waals surface area contributed by atoms with Crippen LogP contribution in [0, 0.1) is 5.92 Å². The van der Waals surface area contributed by atoms with Gasteiger partial charge in [0.25, 0.3) is 0 Å². The fourth-order valence-electron chi connectivity index (χ4n) is 2.67. The van der Waals surface area contributed by atoms with Gasteiger partial charge in [-0.25, -0.2) is 0 Å². The molecular formula is C14H26F3NO. The molecule has 0 unspecified atom stereocenters. The molecular weight excluding hydrogens is 255 g/mol. The van der Waals surface area contributed by atoms with Crippen LogP contribution in [0.5, 0.6) is 0 Å². The largest absolute Gasteiger partial charge is 0.411 e. The molecule has 2 nitrogen and oxygen atoms in total. The van der Waals surface area contributed by atoms with Crippen molar-refractivity contribution in [1.29, 1.82) is 0 Å². The average molecular weight is 281 g/mol. The predicted octanol–water partition coefficient (Wildman–Crippen LogP) is 3.90. The standard InChI is InChI=1S/C14H26F3NO/c1-12(13-7-4-2-3-5-8-13)18-9-6-10-19-11-14(15,16)17/h12-13,18H,2-11H2,1H3/t12-/m1/s1. The lowest BCUT2D eigenvalue weighted by Crippen LogP contribution is -2.34. The quantitative estimate of drug-likeness (QED) is 0.564. The Morgan fingerprint density at radius 1 is 1.16 bits per heavy atom. The van der Waals surface area contributed by atoms with Crippen molar-refractivity contribution >= 4 is 0 Å². The second kappa shape index (κ2) is 8.80. The molecule has 1 rings (SSSR count). The summed E-state index contributed by atoms with van der Waals surface area (Å²) in [5.74, 6) is 0.721. The molecule has 1 atom stereocenters. The Labute approximate surface area is 114 Å². The van der Waals surface area contributed by atoms with Crippen LogP contribution in [0.4, 0.5) is 13.2 Å². The van der Waals surface area contributed by atoms with Crippen molar-refractivity contribution < 1.29 is 17.9 Å². The van der Waals surface area contributed by atoms with E-state index in [9.17, 15) is 13.2 Å². The second-order valence-corrected chi connectivity index (χ2v) is 5.52. The molecule has 0 bridgehead atoms. The van der Waals surface area contributed by atoms with E-state index in [1.807, 2.05) is 0 Å². The average Bonchev–Trinajstić information content (AvgIpc) is 2.60. The van der Waals surface area contributed by atoms with Gasteiger partial charge >= 0.3 is 6.18 Å². The van der Waals surface area contributed by atoms with Gasteiger partial charge in [-0.15, -0.1) is 0 Å². The minimum absolute atomic E-state index is 0.171. The molecule has 0 spiro atoms. The summed E-state index contributed by atoms with van der Waals surface area (Å²) in [6, 6.07) is 0.459. The maximum Gasteiger partial charge on any atom is 0.411 e. The molecule has 0 heterocycles. The van der Waals surface area contributed by atoms with E-state index < -0.39 is 12.8 Å². The van der Waals surface area contributed by atoms with Gasteiger partial charge in [-0.2, -0.15) is 13.2 Å². The zero-order chi connectivity index (χ0) is 14.1. The van der Waals surface area contributed by atoms with Gasteiger partial charge in [0.1, 0.15) is 6.61 Å². The molecule has 0 aromatic heterocycles. The summed E-state index contributed by atoms with van der Waals surface area (Å²) in [5, 5.41) is 3.42. The fraction of sp³-hybridized carbons (Fsp3) is 1.00. The minimum atomic E-state index is -4.21. The van der Waals surface area contributed by atoms with Crippen LogP contribution in [0.3, 0.4) is 0 Å². The van der Waals surface area contributed by atoms with Crippen molar-refractivity contribution in [2.45, 2.75) is 64.1 Å². The van der Waals surface area contributed by atoms with Gasteiger partial charge in [0.15, 0.2) is 0 Å². The van der Waals surface area contributed by atoms with Crippen LogP contribution < -0.4 is 5.32 Å². The molecule has 0 radical (unpaired) electrons. The first-order chi connectivity index (χ1) is 8.99. The van der Waals surface area contributed by atoms with Crippen LogP contribution in [0.2, 0.25) is 0 Å². The third-order valence-corrected chi connectivity index (χ3v) is 3.80. The number of halogens is 3. The monoisotopic (exact) mass is 281 g/mol. The van der Waals surface area contributed by atoms with Gasteiger partial charge in [-0.05, 0) is 38.6 Å². The van der Waals surface area contributed by atoms with E-state index in [-0.39, 0.29) is 6.61 Å². The molecule has 0 aromatic carbocycles. The first-order valence-corrected chi connectivity index (χ1v) is 7.37. The smallest absolute Gasteiger partial charge is 0.372 e. The maximum atomic E-state index is 11.8. The van der Waals surface area contributed by atoms with Crippen LogP contribution in [0.25, 0.3) is 0 Å². The van der Waals surface area contributed by atoms with E-state index >= 15 is 0 Å². The zero-order valence-corrected chi connectivity index (χ0v) is 11.8. The summed E-state index contributed by atoms with van der Waals surface area (Å²) in [6.07, 6.45) is 4.28. The highest BCUT2D eigenvalue weighted by atomic mass is 19.4. The molecule has 0 aromatic rings. The molecule has 0 amide bonds. The van der Waals surface area contributed by atoms with Crippen molar-refractivity contribution in [2.24, 2.45) is 5.92 Å². The molecule has 19 heavy (non-hydrogen) atoms. The summed E-state index contributed by atoms with van der Waals surface area (Å²) in [6.45, 7) is 1.96. The number of nitrogens with one attached hydrogen (secondary N) is 1. The summed E-state index contributed by atoms with van der Waals surface area (Å²) >= 11 is 0. The predicted molar refractivity (Wildman–Crippen MR) is 70.1 cm³/mol. The molecule has 1 aliphatic carbocycles. The molecule has 1 N–H and O–H groups in total. The topological polar surface area (TPSA) is 21.3 Å². The molecule has 1 aliphatic rings. The van der Waals surface area contributed by atoms with Gasteiger partial charge in [0.05, 0.1) is 0 Å². The van der Waals surface area contributed by atoms with Gasteiger partial charge in [-0.3, -0.25) is 0 Å². The van der Waals surface area contributed by atoms with Crippen LogP contribution in [-0.2, 0) is 4.74 Å². The summed E-state index contributed by atoms with van der Waals surface area (Å²) < 4.78 is 40.1. The Hall–Kier alpha value is -0.290. The lowest BCUT2D eigenvalue weighted by atomic mass is 9.93. The molecule has 0 saturated heterocycles. The van der Waals surface area contributed by atoms with Crippen molar-refractivity contribution in [1.82, 2.24) is 5.32 Å². The van der Waals surface area contributed by atoms with Crippen molar-refractivity contribution in [3.63, 3.8) is 0 Å². The number of hydrogen-bond acceptors (Lipinski definition) is 2. The van der Waals surface area contributed by atoms with Crippen LogP contribution in [-0.4, -0.2) is 32.0 Å². The molecule has 1 saturated carbocycles. The fourth-order valence-corrected chi connectivity index (χ4v) is 2.67. The van der Waals surface area contributed by atoms with E-state index in [1.54, 1.807) is 0 Å². The highest BCUT2D eigenvalue weighted by Crippen LogP contribution is 2.25. The Bertz CT molecular complexity index is 225. The summed E-state index contributed by atoms with van der Waals surface area (Å²) in [5.41, 5.74) is 0. The Kier molecular flexibility index (Phi) is 7.76. The highest BCUT2D eigenvalue weighted by Gasteiger charge is 2.27.